The van der Waals surface area contributed by atoms with E-state index >= 15 is 0 Å². The summed E-state index contributed by atoms with van der Waals surface area (Å²) in [6.45, 7) is 4.22. The van der Waals surface area contributed by atoms with Crippen molar-refractivity contribution in [3.63, 3.8) is 0 Å². The molecule has 0 radical (unpaired) electrons. The first-order chi connectivity index (χ1) is 8.48. The van der Waals surface area contributed by atoms with Crippen LogP contribution in [-0.4, -0.2) is 58.5 Å². The number of β-amino-alcohol motifs (C(OH)–C–C–N with tert-alkyl or cyclic N) is 1. The Balaban J connectivity index is 1.79. The highest BCUT2D eigenvalue weighted by Crippen LogP contribution is 2.21. The van der Waals surface area contributed by atoms with E-state index in [1.807, 2.05) is 0 Å². The highest BCUT2D eigenvalue weighted by Gasteiger charge is 2.31. The number of carbonyl (C=O) groups excluding carboxylic acids is 2. The van der Waals surface area contributed by atoms with Crippen molar-refractivity contribution >= 4 is 11.8 Å². The van der Waals surface area contributed by atoms with Gasteiger partial charge in [-0.15, -0.1) is 0 Å². The number of piperidine rings is 1. The molecule has 5 heteroatoms. The number of likely N-dealkylation sites (tertiary alicyclic amines) is 2. The second-order valence-electron chi connectivity index (χ2n) is 5.65. The molecule has 0 aromatic heterocycles. The van der Waals surface area contributed by atoms with Crippen molar-refractivity contribution in [3.8, 4) is 0 Å². The summed E-state index contributed by atoms with van der Waals surface area (Å²) in [6.07, 6.45) is 3.50. The van der Waals surface area contributed by atoms with Gasteiger partial charge in [-0.2, -0.15) is 0 Å². The zero-order valence-corrected chi connectivity index (χ0v) is 11.0. The minimum atomic E-state index is -0.753. The molecule has 2 rings (SSSR count). The number of hydrogen-bond donors (Lipinski definition) is 1. The van der Waals surface area contributed by atoms with E-state index in [-0.39, 0.29) is 11.8 Å². The SMILES string of the molecule is CC1(O)CCCN(C(=O)CCN2CCCC2=O)C1. The Bertz CT molecular complexity index is 341. The molecule has 18 heavy (non-hydrogen) atoms. The third-order valence-electron chi connectivity index (χ3n) is 3.79. The van der Waals surface area contributed by atoms with Crippen LogP contribution in [0.5, 0.6) is 0 Å². The minimum Gasteiger partial charge on any atom is -0.388 e. The van der Waals surface area contributed by atoms with E-state index in [1.165, 1.54) is 0 Å². The highest BCUT2D eigenvalue weighted by molar-refractivity contribution is 5.80. The summed E-state index contributed by atoms with van der Waals surface area (Å²) >= 11 is 0. The molecular formula is C13H22N2O3. The Morgan fingerprint density at radius 2 is 2.17 bits per heavy atom. The molecule has 0 saturated carbocycles. The molecule has 2 aliphatic heterocycles. The molecule has 1 unspecified atom stereocenters. The number of rotatable bonds is 3. The lowest BCUT2D eigenvalue weighted by Gasteiger charge is -2.37. The molecule has 1 N–H and O–H groups in total. The number of aliphatic hydroxyl groups is 1. The maximum absolute atomic E-state index is 12.0. The Hall–Kier alpha value is -1.10. The van der Waals surface area contributed by atoms with E-state index in [4.69, 9.17) is 0 Å². The summed E-state index contributed by atoms with van der Waals surface area (Å²) in [5.74, 6) is 0.211. The Kier molecular flexibility index (Phi) is 3.90. The molecular weight excluding hydrogens is 232 g/mol. The van der Waals surface area contributed by atoms with Crippen molar-refractivity contribution in [3.05, 3.63) is 0 Å². The topological polar surface area (TPSA) is 60.9 Å². The molecule has 0 aromatic rings. The van der Waals surface area contributed by atoms with Crippen molar-refractivity contribution < 1.29 is 14.7 Å². The van der Waals surface area contributed by atoms with E-state index in [0.717, 1.165) is 32.4 Å². The summed E-state index contributed by atoms with van der Waals surface area (Å²) in [4.78, 5) is 26.9. The third-order valence-corrected chi connectivity index (χ3v) is 3.79. The molecule has 2 amide bonds. The van der Waals surface area contributed by atoms with E-state index < -0.39 is 5.60 Å². The molecule has 2 aliphatic rings. The van der Waals surface area contributed by atoms with Gasteiger partial charge in [0.25, 0.3) is 0 Å². The van der Waals surface area contributed by atoms with Gasteiger partial charge in [0.1, 0.15) is 0 Å². The Morgan fingerprint density at radius 1 is 1.39 bits per heavy atom. The predicted molar refractivity (Wildman–Crippen MR) is 66.9 cm³/mol. The molecule has 5 nitrogen and oxygen atoms in total. The number of nitrogens with zero attached hydrogens (tertiary/aromatic N) is 2. The fourth-order valence-corrected chi connectivity index (χ4v) is 2.76. The number of hydrogen-bond acceptors (Lipinski definition) is 3. The van der Waals surface area contributed by atoms with E-state index in [0.29, 0.717) is 25.9 Å². The van der Waals surface area contributed by atoms with Crippen LogP contribution in [0, 0.1) is 0 Å². The van der Waals surface area contributed by atoms with Gasteiger partial charge in [0, 0.05) is 39.0 Å². The second-order valence-corrected chi connectivity index (χ2v) is 5.65. The van der Waals surface area contributed by atoms with Gasteiger partial charge in [-0.1, -0.05) is 0 Å². The lowest BCUT2D eigenvalue weighted by Crippen LogP contribution is -2.49. The molecule has 2 heterocycles. The molecule has 1 atom stereocenters. The van der Waals surface area contributed by atoms with E-state index in [9.17, 15) is 14.7 Å². The van der Waals surface area contributed by atoms with Crippen LogP contribution in [0.4, 0.5) is 0 Å². The van der Waals surface area contributed by atoms with Gasteiger partial charge in [-0.25, -0.2) is 0 Å². The largest absolute Gasteiger partial charge is 0.388 e. The zero-order chi connectivity index (χ0) is 13.2. The van der Waals surface area contributed by atoms with Gasteiger partial charge in [-0.3, -0.25) is 9.59 Å². The fraction of sp³-hybridized carbons (Fsp3) is 0.846. The van der Waals surface area contributed by atoms with Gasteiger partial charge >= 0.3 is 0 Å². The van der Waals surface area contributed by atoms with Crippen LogP contribution in [0.1, 0.15) is 39.0 Å². The third kappa shape index (κ3) is 3.22. The molecule has 102 valence electrons. The van der Waals surface area contributed by atoms with Crippen LogP contribution >= 0.6 is 0 Å². The fourth-order valence-electron chi connectivity index (χ4n) is 2.76. The summed E-state index contributed by atoms with van der Waals surface area (Å²) < 4.78 is 0. The van der Waals surface area contributed by atoms with Crippen molar-refractivity contribution in [1.82, 2.24) is 9.80 Å². The standard InChI is InChI=1S/C13H22N2O3/c1-13(18)6-3-8-15(10-13)12(17)5-9-14-7-2-4-11(14)16/h18H,2-10H2,1H3. The van der Waals surface area contributed by atoms with Crippen LogP contribution < -0.4 is 0 Å². The van der Waals surface area contributed by atoms with Crippen molar-refractivity contribution in [2.24, 2.45) is 0 Å². The Labute approximate surface area is 108 Å². The summed E-state index contributed by atoms with van der Waals surface area (Å²) in [5.41, 5.74) is -0.753. The van der Waals surface area contributed by atoms with E-state index in [2.05, 4.69) is 0 Å². The molecule has 2 saturated heterocycles. The molecule has 2 fully saturated rings. The first kappa shape index (κ1) is 13.3. The lowest BCUT2D eigenvalue weighted by atomic mass is 9.95. The van der Waals surface area contributed by atoms with Crippen LogP contribution in [-0.2, 0) is 9.59 Å². The highest BCUT2D eigenvalue weighted by atomic mass is 16.3. The van der Waals surface area contributed by atoms with Crippen molar-refractivity contribution in [2.75, 3.05) is 26.2 Å². The number of amides is 2. The van der Waals surface area contributed by atoms with Gasteiger partial charge < -0.3 is 14.9 Å². The number of carbonyl (C=O) groups is 2. The maximum Gasteiger partial charge on any atom is 0.224 e. The normalized spacial score (nSPS) is 28.9. The molecule has 0 bridgehead atoms. The monoisotopic (exact) mass is 254 g/mol. The average molecular weight is 254 g/mol. The molecule has 0 spiro atoms. The first-order valence-corrected chi connectivity index (χ1v) is 6.76. The molecule has 0 aromatic carbocycles. The van der Waals surface area contributed by atoms with Crippen LogP contribution in [0.15, 0.2) is 0 Å². The first-order valence-electron chi connectivity index (χ1n) is 6.76. The van der Waals surface area contributed by atoms with Gasteiger partial charge in [-0.05, 0) is 26.2 Å². The molecule has 0 aliphatic carbocycles. The quantitative estimate of drug-likeness (QED) is 0.791. The van der Waals surface area contributed by atoms with Crippen molar-refractivity contribution in [2.45, 2.75) is 44.6 Å². The second kappa shape index (κ2) is 5.26. The predicted octanol–water partition coefficient (Wildman–Crippen LogP) is 0.372. The van der Waals surface area contributed by atoms with Crippen LogP contribution in [0.3, 0.4) is 0 Å². The van der Waals surface area contributed by atoms with Crippen molar-refractivity contribution in [1.29, 1.82) is 0 Å². The Morgan fingerprint density at radius 3 is 2.78 bits per heavy atom. The summed E-state index contributed by atoms with van der Waals surface area (Å²) in [5, 5.41) is 9.96. The van der Waals surface area contributed by atoms with E-state index in [1.54, 1.807) is 16.7 Å². The van der Waals surface area contributed by atoms with Gasteiger partial charge in [0.05, 0.1) is 5.60 Å². The maximum atomic E-state index is 12.0. The van der Waals surface area contributed by atoms with Crippen LogP contribution in [0.2, 0.25) is 0 Å². The lowest BCUT2D eigenvalue weighted by molar-refractivity contribution is -0.138. The minimum absolute atomic E-state index is 0.0506. The van der Waals surface area contributed by atoms with Crippen LogP contribution in [0.25, 0.3) is 0 Å². The average Bonchev–Trinajstić information content (AvgIpc) is 2.70. The summed E-state index contributed by atoms with van der Waals surface area (Å²) in [7, 11) is 0. The zero-order valence-electron chi connectivity index (χ0n) is 11.0. The van der Waals surface area contributed by atoms with Gasteiger partial charge in [0.15, 0.2) is 0 Å². The van der Waals surface area contributed by atoms with Gasteiger partial charge in [0.2, 0.25) is 11.8 Å². The summed E-state index contributed by atoms with van der Waals surface area (Å²) in [6, 6.07) is 0. The smallest absolute Gasteiger partial charge is 0.224 e.